The van der Waals surface area contributed by atoms with Crippen molar-refractivity contribution in [1.82, 2.24) is 4.90 Å². The topological polar surface area (TPSA) is 57.6 Å². The second-order valence-corrected chi connectivity index (χ2v) is 5.91. The van der Waals surface area contributed by atoms with E-state index in [9.17, 15) is 9.59 Å². The summed E-state index contributed by atoms with van der Waals surface area (Å²) in [6.07, 6.45) is 4.12. The Bertz CT molecular complexity index is 842. The first-order valence-corrected chi connectivity index (χ1v) is 7.43. The molecule has 1 aliphatic heterocycles. The fourth-order valence-electron chi connectivity index (χ4n) is 2.79. The largest absolute Gasteiger partial charge is 0.381 e. The SMILES string of the molecule is CC(O)C#CC#CC(C)N1C(=O)C2=C(CC3(C#CC3)C=C2)C1=O. The molecule has 3 rings (SSSR count). The van der Waals surface area contributed by atoms with Crippen LogP contribution in [0.1, 0.15) is 26.7 Å². The highest BCUT2D eigenvalue weighted by molar-refractivity contribution is 6.21. The highest BCUT2D eigenvalue weighted by atomic mass is 16.3. The van der Waals surface area contributed by atoms with Gasteiger partial charge in [0.05, 0.1) is 11.5 Å². The number of amides is 2. The second-order valence-electron chi connectivity index (χ2n) is 5.91. The van der Waals surface area contributed by atoms with Crippen molar-refractivity contribution in [2.24, 2.45) is 5.41 Å². The first kappa shape index (κ1) is 15.2. The van der Waals surface area contributed by atoms with E-state index in [1.165, 1.54) is 11.8 Å². The molecule has 0 aromatic rings. The summed E-state index contributed by atoms with van der Waals surface area (Å²) in [5.41, 5.74) is 0.732. The third kappa shape index (κ3) is 2.57. The lowest BCUT2D eigenvalue weighted by molar-refractivity contribution is -0.138. The van der Waals surface area contributed by atoms with Gasteiger partial charge in [0.1, 0.15) is 6.10 Å². The van der Waals surface area contributed by atoms with Crippen LogP contribution in [-0.4, -0.2) is 34.0 Å². The fourth-order valence-corrected chi connectivity index (χ4v) is 2.79. The molecule has 0 fully saturated rings. The maximum Gasteiger partial charge on any atom is 0.262 e. The Balaban J connectivity index is 1.79. The van der Waals surface area contributed by atoms with E-state index in [1.54, 1.807) is 13.0 Å². The zero-order valence-electron chi connectivity index (χ0n) is 12.9. The van der Waals surface area contributed by atoms with Gasteiger partial charge < -0.3 is 5.11 Å². The number of hydrogen-bond acceptors (Lipinski definition) is 3. The summed E-state index contributed by atoms with van der Waals surface area (Å²) in [6, 6.07) is -0.569. The molecule has 114 valence electrons. The third-order valence-corrected chi connectivity index (χ3v) is 4.07. The van der Waals surface area contributed by atoms with E-state index >= 15 is 0 Å². The van der Waals surface area contributed by atoms with Crippen LogP contribution in [0.4, 0.5) is 0 Å². The molecule has 4 heteroatoms. The molecule has 4 nitrogen and oxygen atoms in total. The zero-order valence-corrected chi connectivity index (χ0v) is 12.9. The molecule has 0 aromatic heterocycles. The Kier molecular flexibility index (Phi) is 3.61. The molecule has 0 aromatic carbocycles. The van der Waals surface area contributed by atoms with Crippen molar-refractivity contribution in [3.8, 4) is 35.5 Å². The molecule has 0 bridgehead atoms. The highest BCUT2D eigenvalue weighted by Gasteiger charge is 2.45. The van der Waals surface area contributed by atoms with E-state index in [2.05, 4.69) is 35.5 Å². The number of imide groups is 1. The second kappa shape index (κ2) is 5.47. The van der Waals surface area contributed by atoms with Crippen molar-refractivity contribution in [2.75, 3.05) is 0 Å². The van der Waals surface area contributed by atoms with E-state index in [-0.39, 0.29) is 17.2 Å². The van der Waals surface area contributed by atoms with Crippen molar-refractivity contribution < 1.29 is 14.7 Å². The van der Waals surface area contributed by atoms with E-state index in [1.807, 2.05) is 6.08 Å². The average Bonchev–Trinajstić information content (AvgIpc) is 2.73. The predicted molar refractivity (Wildman–Crippen MR) is 84.2 cm³/mol. The van der Waals surface area contributed by atoms with Gasteiger partial charge in [-0.05, 0) is 32.1 Å². The van der Waals surface area contributed by atoms with Gasteiger partial charge in [0.25, 0.3) is 11.8 Å². The van der Waals surface area contributed by atoms with Gasteiger partial charge in [0.15, 0.2) is 0 Å². The van der Waals surface area contributed by atoms with Gasteiger partial charge in [0, 0.05) is 17.6 Å². The number of aliphatic hydroxyl groups excluding tert-OH is 1. The summed E-state index contributed by atoms with van der Waals surface area (Å²) >= 11 is 0. The zero-order chi connectivity index (χ0) is 16.6. The minimum Gasteiger partial charge on any atom is -0.381 e. The summed E-state index contributed by atoms with van der Waals surface area (Å²) < 4.78 is 0. The number of hydrogen-bond donors (Lipinski definition) is 1. The molecule has 2 aliphatic carbocycles. The first-order chi connectivity index (χ1) is 10.9. The molecule has 0 saturated heterocycles. The van der Waals surface area contributed by atoms with E-state index < -0.39 is 12.1 Å². The van der Waals surface area contributed by atoms with Crippen molar-refractivity contribution >= 4 is 11.8 Å². The summed E-state index contributed by atoms with van der Waals surface area (Å²) in [4.78, 5) is 26.2. The van der Waals surface area contributed by atoms with E-state index in [0.717, 1.165) is 6.42 Å². The van der Waals surface area contributed by atoms with Crippen molar-refractivity contribution in [3.63, 3.8) is 0 Å². The predicted octanol–water partition coefficient (Wildman–Crippen LogP) is 0.781. The third-order valence-electron chi connectivity index (χ3n) is 4.07. The van der Waals surface area contributed by atoms with Gasteiger partial charge in [0.2, 0.25) is 0 Å². The quantitative estimate of drug-likeness (QED) is 0.575. The first-order valence-electron chi connectivity index (χ1n) is 7.43. The van der Waals surface area contributed by atoms with Crippen LogP contribution in [0.3, 0.4) is 0 Å². The maximum absolute atomic E-state index is 12.6. The van der Waals surface area contributed by atoms with Crippen LogP contribution in [0.15, 0.2) is 23.3 Å². The molecule has 0 radical (unpaired) electrons. The normalized spacial score (nSPS) is 26.3. The van der Waals surface area contributed by atoms with E-state index in [0.29, 0.717) is 17.6 Å². The summed E-state index contributed by atoms with van der Waals surface area (Å²) in [5, 5.41) is 9.05. The van der Waals surface area contributed by atoms with Crippen LogP contribution >= 0.6 is 0 Å². The lowest BCUT2D eigenvalue weighted by Crippen LogP contribution is -2.38. The Morgan fingerprint density at radius 1 is 1.26 bits per heavy atom. The lowest BCUT2D eigenvalue weighted by Gasteiger charge is -2.30. The summed E-state index contributed by atoms with van der Waals surface area (Å²) in [5.74, 6) is 15.8. The van der Waals surface area contributed by atoms with Gasteiger partial charge in [-0.15, -0.1) is 5.92 Å². The fraction of sp³-hybridized carbons (Fsp3) is 0.368. The molecule has 1 heterocycles. The number of carbonyl (C=O) groups is 2. The number of carbonyl (C=O) groups excluding carboxylic acids is 2. The van der Waals surface area contributed by atoms with Crippen molar-refractivity contribution in [2.45, 2.75) is 38.8 Å². The van der Waals surface area contributed by atoms with Crippen LogP contribution in [0.2, 0.25) is 0 Å². The van der Waals surface area contributed by atoms with E-state index in [4.69, 9.17) is 5.11 Å². The van der Waals surface area contributed by atoms with Crippen LogP contribution in [0, 0.1) is 40.9 Å². The molecule has 1 spiro atoms. The minimum absolute atomic E-state index is 0.261. The Morgan fingerprint density at radius 2 is 1.96 bits per heavy atom. The Hall–Kier alpha value is -2.74. The molecule has 23 heavy (non-hydrogen) atoms. The number of rotatable bonds is 1. The Labute approximate surface area is 135 Å². The number of aliphatic hydroxyl groups is 1. The van der Waals surface area contributed by atoms with Crippen LogP contribution in [0.5, 0.6) is 0 Å². The van der Waals surface area contributed by atoms with Crippen LogP contribution < -0.4 is 0 Å². The number of allylic oxidation sites excluding steroid dienone is 1. The maximum atomic E-state index is 12.6. The monoisotopic (exact) mass is 305 g/mol. The molecule has 2 amide bonds. The smallest absolute Gasteiger partial charge is 0.262 e. The molecule has 3 aliphatic rings. The summed E-state index contributed by atoms with van der Waals surface area (Å²) in [6.45, 7) is 3.23. The lowest BCUT2D eigenvalue weighted by atomic mass is 9.70. The average molecular weight is 305 g/mol. The molecule has 0 saturated carbocycles. The minimum atomic E-state index is -0.756. The summed E-state index contributed by atoms with van der Waals surface area (Å²) in [7, 11) is 0. The molecular weight excluding hydrogens is 290 g/mol. The molecule has 1 N–H and O–H groups in total. The van der Waals surface area contributed by atoms with Gasteiger partial charge >= 0.3 is 0 Å². The van der Waals surface area contributed by atoms with Gasteiger partial charge in [-0.25, -0.2) is 0 Å². The Morgan fingerprint density at radius 3 is 2.57 bits per heavy atom. The van der Waals surface area contributed by atoms with Crippen LogP contribution in [-0.2, 0) is 9.59 Å². The van der Waals surface area contributed by atoms with Gasteiger partial charge in [-0.1, -0.05) is 29.9 Å². The molecule has 3 atom stereocenters. The van der Waals surface area contributed by atoms with Crippen molar-refractivity contribution in [3.05, 3.63) is 23.3 Å². The molecule has 3 unspecified atom stereocenters. The highest BCUT2D eigenvalue weighted by Crippen LogP contribution is 2.43. The standard InChI is InChI=1S/C19H15NO3/c1-13(6-3-4-7-14(2)21)20-17(22)15-8-11-19(9-5-10-19)12-16(15)18(20)23/h8,11,13-14,21H,9,12H2,1-2H3. The van der Waals surface area contributed by atoms with Crippen LogP contribution in [0.25, 0.3) is 0 Å². The van der Waals surface area contributed by atoms with Gasteiger partial charge in [-0.3, -0.25) is 14.5 Å². The van der Waals surface area contributed by atoms with Crippen molar-refractivity contribution in [1.29, 1.82) is 0 Å². The number of nitrogens with zero attached hydrogens (tertiary/aromatic N) is 1. The molecular formula is C19H15NO3. The van der Waals surface area contributed by atoms with Gasteiger partial charge in [-0.2, -0.15) is 0 Å².